The van der Waals surface area contributed by atoms with Crippen molar-refractivity contribution < 1.29 is 14.3 Å². The number of hydrazine groups is 1. The molecule has 1 aromatic heterocycles. The van der Waals surface area contributed by atoms with Crippen LogP contribution in [0.2, 0.25) is 5.02 Å². The van der Waals surface area contributed by atoms with Crippen LogP contribution in [0.15, 0.2) is 54.6 Å². The first kappa shape index (κ1) is 18.2. The van der Waals surface area contributed by atoms with E-state index in [0.29, 0.717) is 22.9 Å². The van der Waals surface area contributed by atoms with E-state index in [1.54, 1.807) is 0 Å². The largest absolute Gasteiger partial charge is 0.494 e. The molecule has 0 aliphatic heterocycles. The lowest BCUT2D eigenvalue weighted by Crippen LogP contribution is -2.41. The number of hydrogen-bond acceptors (Lipinski definition) is 4. The van der Waals surface area contributed by atoms with Gasteiger partial charge in [0.15, 0.2) is 0 Å². The van der Waals surface area contributed by atoms with Gasteiger partial charge < -0.3 is 4.74 Å². The lowest BCUT2D eigenvalue weighted by Gasteiger charge is -2.08. The zero-order chi connectivity index (χ0) is 18.4. The third-order valence-electron chi connectivity index (χ3n) is 3.62. The van der Waals surface area contributed by atoms with Crippen molar-refractivity contribution in [1.82, 2.24) is 10.9 Å². The first-order valence-electron chi connectivity index (χ1n) is 8.09. The first-order chi connectivity index (χ1) is 12.6. The standard InChI is InChI=1S/C19H17ClN2O3S/c20-17-14-9-4-5-10-15(14)26-18(17)19(24)22-21-16(23)11-6-12-25-13-7-2-1-3-8-13/h1-5,7-10H,6,11-12H2,(H,21,23)(H,22,24). The van der Waals surface area contributed by atoms with Crippen molar-refractivity contribution in [3.8, 4) is 5.75 Å². The molecule has 0 aliphatic carbocycles. The molecule has 3 aromatic rings. The van der Waals surface area contributed by atoms with Crippen molar-refractivity contribution in [2.24, 2.45) is 0 Å². The lowest BCUT2D eigenvalue weighted by molar-refractivity contribution is -0.122. The van der Waals surface area contributed by atoms with E-state index in [-0.39, 0.29) is 12.3 Å². The van der Waals surface area contributed by atoms with Crippen LogP contribution >= 0.6 is 22.9 Å². The topological polar surface area (TPSA) is 67.4 Å². The molecule has 0 fully saturated rings. The Balaban J connectivity index is 1.43. The number of para-hydroxylation sites is 1. The summed E-state index contributed by atoms with van der Waals surface area (Å²) in [6, 6.07) is 16.9. The normalized spacial score (nSPS) is 10.5. The molecule has 5 nitrogen and oxygen atoms in total. The fourth-order valence-corrected chi connectivity index (χ4v) is 3.76. The van der Waals surface area contributed by atoms with Crippen LogP contribution in [0.4, 0.5) is 0 Å². The molecule has 0 saturated heterocycles. The molecule has 2 N–H and O–H groups in total. The van der Waals surface area contributed by atoms with Gasteiger partial charge in [-0.25, -0.2) is 0 Å². The molecule has 0 aliphatic rings. The maximum atomic E-state index is 12.2. The van der Waals surface area contributed by atoms with Gasteiger partial charge in [-0.1, -0.05) is 48.0 Å². The Labute approximate surface area is 159 Å². The third kappa shape index (κ3) is 4.53. The van der Waals surface area contributed by atoms with Gasteiger partial charge in [-0.2, -0.15) is 0 Å². The minimum atomic E-state index is -0.426. The maximum absolute atomic E-state index is 12.2. The highest BCUT2D eigenvalue weighted by atomic mass is 35.5. The Morgan fingerprint density at radius 3 is 2.50 bits per heavy atom. The summed E-state index contributed by atoms with van der Waals surface area (Å²) in [5.41, 5.74) is 4.81. The minimum Gasteiger partial charge on any atom is -0.494 e. The Bertz CT molecular complexity index is 912. The van der Waals surface area contributed by atoms with Crippen molar-refractivity contribution in [2.45, 2.75) is 12.8 Å². The smallest absolute Gasteiger partial charge is 0.281 e. The van der Waals surface area contributed by atoms with Crippen LogP contribution in [0.25, 0.3) is 10.1 Å². The Morgan fingerprint density at radius 1 is 1.00 bits per heavy atom. The van der Waals surface area contributed by atoms with Crippen LogP contribution in [0, 0.1) is 0 Å². The van der Waals surface area contributed by atoms with Crippen molar-refractivity contribution in [1.29, 1.82) is 0 Å². The molecule has 1 heterocycles. The number of amides is 2. The summed E-state index contributed by atoms with van der Waals surface area (Å²) in [4.78, 5) is 24.4. The summed E-state index contributed by atoms with van der Waals surface area (Å²) in [5, 5.41) is 1.22. The van der Waals surface area contributed by atoms with Gasteiger partial charge >= 0.3 is 0 Å². The second-order valence-electron chi connectivity index (χ2n) is 5.51. The molecule has 0 spiro atoms. The Morgan fingerprint density at radius 2 is 1.73 bits per heavy atom. The van der Waals surface area contributed by atoms with Crippen LogP contribution in [-0.2, 0) is 4.79 Å². The van der Waals surface area contributed by atoms with Gasteiger partial charge in [0.05, 0.1) is 11.6 Å². The van der Waals surface area contributed by atoms with Gasteiger partial charge in [-0.3, -0.25) is 20.4 Å². The van der Waals surface area contributed by atoms with E-state index in [1.165, 1.54) is 11.3 Å². The lowest BCUT2D eigenvalue weighted by atomic mass is 10.2. The average molecular weight is 389 g/mol. The minimum absolute atomic E-state index is 0.243. The number of ether oxygens (including phenoxy) is 1. The number of carbonyl (C=O) groups excluding carboxylic acids is 2. The molecule has 2 aromatic carbocycles. The SMILES string of the molecule is O=C(CCCOc1ccccc1)NNC(=O)c1sc2ccccc2c1Cl. The predicted octanol–water partition coefficient (Wildman–Crippen LogP) is 4.17. The second-order valence-corrected chi connectivity index (χ2v) is 6.94. The molecular weight excluding hydrogens is 372 g/mol. The number of hydrogen-bond donors (Lipinski definition) is 2. The number of halogens is 1. The molecule has 3 rings (SSSR count). The zero-order valence-corrected chi connectivity index (χ0v) is 15.4. The van der Waals surface area contributed by atoms with Crippen molar-refractivity contribution in [2.75, 3.05) is 6.61 Å². The summed E-state index contributed by atoms with van der Waals surface area (Å²) in [7, 11) is 0. The number of benzene rings is 2. The number of fused-ring (bicyclic) bond motifs is 1. The quantitative estimate of drug-likeness (QED) is 0.491. The maximum Gasteiger partial charge on any atom is 0.281 e. The third-order valence-corrected chi connectivity index (χ3v) is 5.29. The molecule has 2 amide bonds. The fourth-order valence-electron chi connectivity index (χ4n) is 2.35. The summed E-state index contributed by atoms with van der Waals surface area (Å²) >= 11 is 7.54. The van der Waals surface area contributed by atoms with Gasteiger partial charge in [-0.15, -0.1) is 11.3 Å². The van der Waals surface area contributed by atoms with E-state index >= 15 is 0 Å². The van der Waals surface area contributed by atoms with Crippen LogP contribution in [0.5, 0.6) is 5.75 Å². The fraction of sp³-hybridized carbons (Fsp3) is 0.158. The van der Waals surface area contributed by atoms with E-state index in [0.717, 1.165) is 15.8 Å². The molecule has 26 heavy (non-hydrogen) atoms. The Hall–Kier alpha value is -2.57. The summed E-state index contributed by atoms with van der Waals surface area (Å²) in [6.45, 7) is 0.424. The van der Waals surface area contributed by atoms with Gasteiger partial charge in [0.25, 0.3) is 5.91 Å². The van der Waals surface area contributed by atoms with Crippen molar-refractivity contribution >= 4 is 44.8 Å². The second kappa shape index (κ2) is 8.69. The molecule has 0 atom stereocenters. The van der Waals surface area contributed by atoms with E-state index in [9.17, 15) is 9.59 Å². The van der Waals surface area contributed by atoms with E-state index < -0.39 is 5.91 Å². The van der Waals surface area contributed by atoms with Gasteiger partial charge in [0, 0.05) is 16.5 Å². The molecule has 7 heteroatoms. The highest BCUT2D eigenvalue weighted by Gasteiger charge is 2.17. The van der Waals surface area contributed by atoms with Crippen LogP contribution in [0.3, 0.4) is 0 Å². The molecular formula is C19H17ClN2O3S. The van der Waals surface area contributed by atoms with Crippen molar-refractivity contribution in [3.05, 3.63) is 64.5 Å². The van der Waals surface area contributed by atoms with E-state index in [2.05, 4.69) is 10.9 Å². The molecule has 0 saturated carbocycles. The molecule has 0 bridgehead atoms. The van der Waals surface area contributed by atoms with Crippen LogP contribution in [0.1, 0.15) is 22.5 Å². The number of rotatable bonds is 6. The molecule has 0 unspecified atom stereocenters. The van der Waals surface area contributed by atoms with E-state index in [4.69, 9.17) is 16.3 Å². The van der Waals surface area contributed by atoms with Gasteiger partial charge in [0.1, 0.15) is 10.6 Å². The number of thiophene rings is 1. The molecule has 0 radical (unpaired) electrons. The number of nitrogens with one attached hydrogen (secondary N) is 2. The van der Waals surface area contributed by atoms with Crippen molar-refractivity contribution in [3.63, 3.8) is 0 Å². The summed E-state index contributed by atoms with van der Waals surface area (Å²) in [6.07, 6.45) is 0.785. The zero-order valence-electron chi connectivity index (χ0n) is 13.8. The van der Waals surface area contributed by atoms with Crippen LogP contribution < -0.4 is 15.6 Å². The first-order valence-corrected chi connectivity index (χ1v) is 9.28. The summed E-state index contributed by atoms with van der Waals surface area (Å²) < 4.78 is 6.44. The monoisotopic (exact) mass is 388 g/mol. The van der Waals surface area contributed by atoms with Gasteiger partial charge in [-0.05, 0) is 24.6 Å². The van der Waals surface area contributed by atoms with E-state index in [1.807, 2.05) is 54.6 Å². The number of carbonyl (C=O) groups is 2. The predicted molar refractivity (Wildman–Crippen MR) is 104 cm³/mol. The summed E-state index contributed by atoms with van der Waals surface area (Å²) in [5.74, 6) is 0.0537. The Kier molecular flexibility index (Phi) is 6.09. The molecule has 134 valence electrons. The average Bonchev–Trinajstić information content (AvgIpc) is 3.01. The highest BCUT2D eigenvalue weighted by Crippen LogP contribution is 2.34. The van der Waals surface area contributed by atoms with Gasteiger partial charge in [0.2, 0.25) is 5.91 Å². The highest BCUT2D eigenvalue weighted by molar-refractivity contribution is 7.21. The van der Waals surface area contributed by atoms with Crippen LogP contribution in [-0.4, -0.2) is 18.4 Å².